The molecular weight excluding hydrogens is 488 g/mol. The van der Waals surface area contributed by atoms with Gasteiger partial charge in [-0.05, 0) is 37.7 Å². The molecule has 2 unspecified atom stereocenters. The first-order chi connectivity index (χ1) is 16.9. The number of hydrogen-bond donors (Lipinski definition) is 2. The lowest BCUT2D eigenvalue weighted by atomic mass is 9.90. The molecule has 1 aliphatic carbocycles. The molecule has 35 heavy (non-hydrogen) atoms. The molecule has 4 heterocycles. The number of pyridine rings is 1. The maximum Gasteiger partial charge on any atom is 0.280 e. The van der Waals surface area contributed by atoms with Gasteiger partial charge in [-0.1, -0.05) is 36.8 Å². The van der Waals surface area contributed by atoms with Crippen LogP contribution in [0.4, 0.5) is 0 Å². The molecule has 4 aromatic rings. The number of halogens is 1. The Bertz CT molecular complexity index is 1320. The molecule has 1 fully saturated rings. The van der Waals surface area contributed by atoms with E-state index in [-0.39, 0.29) is 30.0 Å². The van der Waals surface area contributed by atoms with Crippen molar-refractivity contribution in [2.75, 3.05) is 7.11 Å². The maximum absolute atomic E-state index is 12.7. The molecule has 4 aromatic heterocycles. The standard InChI is InChI=1S/C23H27ClN8O2S/c1-12(2)19(34-3)21-30-16-9-25-15(20-27-11-28-31-20)8-17(16)32(21)14-6-4-5-13(7-14)29-22(33)23-26-10-18(24)35-23/h8-14,19H,4-7H2,1-3H3,(H,29,33)(H,27,28,31)/t13?,14-,19?/m1/s1. The Morgan fingerprint density at radius 3 is 2.83 bits per heavy atom. The van der Waals surface area contributed by atoms with Gasteiger partial charge in [-0.25, -0.2) is 15.0 Å². The monoisotopic (exact) mass is 514 g/mol. The zero-order valence-corrected chi connectivity index (χ0v) is 21.3. The highest BCUT2D eigenvalue weighted by Gasteiger charge is 2.31. The van der Waals surface area contributed by atoms with Crippen molar-refractivity contribution in [2.45, 2.75) is 57.7 Å². The SMILES string of the molecule is COC(c1nc2cnc(-c3ncn[nH]3)cc2n1[C@@H]1CCCC(NC(=O)c2ncc(Cl)s2)C1)C(C)C. The van der Waals surface area contributed by atoms with Crippen molar-refractivity contribution < 1.29 is 9.53 Å². The Balaban J connectivity index is 1.51. The van der Waals surface area contributed by atoms with Crippen LogP contribution in [0.15, 0.2) is 24.8 Å². The summed E-state index contributed by atoms with van der Waals surface area (Å²) < 4.78 is 8.67. The minimum absolute atomic E-state index is 0.0184. The molecule has 0 spiro atoms. The highest BCUT2D eigenvalue weighted by molar-refractivity contribution is 7.17. The number of fused-ring (bicyclic) bond motifs is 1. The minimum Gasteiger partial charge on any atom is -0.373 e. The number of methoxy groups -OCH3 is 1. The van der Waals surface area contributed by atoms with Gasteiger partial charge in [0.25, 0.3) is 5.91 Å². The molecule has 2 N–H and O–H groups in total. The van der Waals surface area contributed by atoms with Crippen LogP contribution in [0.2, 0.25) is 4.34 Å². The summed E-state index contributed by atoms with van der Waals surface area (Å²) in [5.41, 5.74) is 2.46. The molecule has 0 saturated heterocycles. The molecule has 184 valence electrons. The average molecular weight is 515 g/mol. The molecular formula is C23H27ClN8O2S. The Hall–Kier alpha value is -2.89. The number of hydrogen-bond acceptors (Lipinski definition) is 8. The summed E-state index contributed by atoms with van der Waals surface area (Å²) in [4.78, 5) is 30.6. The van der Waals surface area contributed by atoms with Crippen LogP contribution >= 0.6 is 22.9 Å². The van der Waals surface area contributed by atoms with Crippen LogP contribution in [-0.4, -0.2) is 53.8 Å². The first-order valence-electron chi connectivity index (χ1n) is 11.6. The number of carbonyl (C=O) groups is 1. The molecule has 1 saturated carbocycles. The smallest absolute Gasteiger partial charge is 0.280 e. The van der Waals surface area contributed by atoms with E-state index in [4.69, 9.17) is 21.3 Å². The van der Waals surface area contributed by atoms with E-state index >= 15 is 0 Å². The van der Waals surface area contributed by atoms with Gasteiger partial charge in [0.2, 0.25) is 0 Å². The quantitative estimate of drug-likeness (QED) is 0.370. The van der Waals surface area contributed by atoms with Crippen molar-refractivity contribution in [1.82, 2.24) is 40.0 Å². The van der Waals surface area contributed by atoms with Crippen LogP contribution in [0.1, 0.15) is 67.3 Å². The van der Waals surface area contributed by atoms with Crippen molar-refractivity contribution in [1.29, 1.82) is 0 Å². The molecule has 3 atom stereocenters. The number of nitrogens with zero attached hydrogens (tertiary/aromatic N) is 6. The van der Waals surface area contributed by atoms with Crippen molar-refractivity contribution >= 4 is 39.9 Å². The van der Waals surface area contributed by atoms with Gasteiger partial charge < -0.3 is 14.6 Å². The fourth-order valence-electron chi connectivity index (χ4n) is 4.87. The predicted octanol–water partition coefficient (Wildman–Crippen LogP) is 4.58. The van der Waals surface area contributed by atoms with Crippen molar-refractivity contribution in [3.05, 3.63) is 40.0 Å². The Labute approximate surface area is 211 Å². The van der Waals surface area contributed by atoms with Crippen LogP contribution < -0.4 is 5.32 Å². The van der Waals surface area contributed by atoms with Gasteiger partial charge >= 0.3 is 0 Å². The second-order valence-electron chi connectivity index (χ2n) is 9.09. The summed E-state index contributed by atoms with van der Waals surface area (Å²) in [5.74, 6) is 1.52. The van der Waals surface area contributed by atoms with Gasteiger partial charge in [0.15, 0.2) is 10.8 Å². The summed E-state index contributed by atoms with van der Waals surface area (Å²) in [6.07, 6.45) is 8.20. The molecule has 1 amide bonds. The third-order valence-electron chi connectivity index (χ3n) is 6.39. The third kappa shape index (κ3) is 4.80. The lowest BCUT2D eigenvalue weighted by molar-refractivity contribution is 0.0525. The fraction of sp³-hybridized carbons (Fsp3) is 0.478. The number of H-pyrrole nitrogens is 1. The number of nitrogens with one attached hydrogen (secondary N) is 2. The average Bonchev–Trinajstić information content (AvgIpc) is 3.59. The molecule has 1 aliphatic rings. The first kappa shape index (κ1) is 23.8. The number of carbonyl (C=O) groups excluding carboxylic acids is 1. The fourth-order valence-corrected chi connectivity index (χ4v) is 5.69. The van der Waals surface area contributed by atoms with Crippen LogP contribution in [0, 0.1) is 5.92 Å². The summed E-state index contributed by atoms with van der Waals surface area (Å²) in [7, 11) is 1.72. The maximum atomic E-state index is 12.7. The van der Waals surface area contributed by atoms with Gasteiger partial charge in [0, 0.05) is 19.2 Å². The Morgan fingerprint density at radius 1 is 1.29 bits per heavy atom. The number of aromatic amines is 1. The lowest BCUT2D eigenvalue weighted by Gasteiger charge is -2.33. The normalized spacial score (nSPS) is 19.3. The topological polar surface area (TPSA) is 124 Å². The van der Waals surface area contributed by atoms with Crippen molar-refractivity contribution in [3.8, 4) is 11.5 Å². The number of rotatable bonds is 7. The van der Waals surface area contributed by atoms with E-state index in [1.54, 1.807) is 13.3 Å². The largest absolute Gasteiger partial charge is 0.373 e. The van der Waals surface area contributed by atoms with E-state index in [1.165, 1.54) is 23.9 Å². The van der Waals surface area contributed by atoms with Crippen LogP contribution in [0.25, 0.3) is 22.6 Å². The molecule has 12 heteroatoms. The Morgan fingerprint density at radius 2 is 2.14 bits per heavy atom. The number of amides is 1. The zero-order chi connectivity index (χ0) is 24.5. The molecule has 0 radical (unpaired) electrons. The van der Waals surface area contributed by atoms with Gasteiger partial charge in [0.05, 0.1) is 17.9 Å². The molecule has 0 aromatic carbocycles. The van der Waals surface area contributed by atoms with Gasteiger partial charge in [-0.15, -0.1) is 0 Å². The molecule has 0 bridgehead atoms. The summed E-state index contributed by atoms with van der Waals surface area (Å²) in [6, 6.07) is 2.15. The summed E-state index contributed by atoms with van der Waals surface area (Å²) in [5, 5.41) is 10.4. The molecule has 10 nitrogen and oxygen atoms in total. The van der Waals surface area contributed by atoms with E-state index in [0.717, 1.165) is 42.5 Å². The molecule has 0 aliphatic heterocycles. The lowest BCUT2D eigenvalue weighted by Crippen LogP contribution is -2.39. The highest BCUT2D eigenvalue weighted by atomic mass is 35.5. The molecule has 5 rings (SSSR count). The number of aromatic nitrogens is 7. The number of thiazole rings is 1. The van der Waals surface area contributed by atoms with Crippen LogP contribution in [0.3, 0.4) is 0 Å². The van der Waals surface area contributed by atoms with Crippen LogP contribution in [-0.2, 0) is 4.74 Å². The predicted molar refractivity (Wildman–Crippen MR) is 133 cm³/mol. The number of imidazole rings is 1. The first-order valence-corrected chi connectivity index (χ1v) is 12.8. The third-order valence-corrected chi connectivity index (χ3v) is 7.51. The second-order valence-corrected chi connectivity index (χ2v) is 10.8. The number of ether oxygens (including phenoxy) is 1. The van der Waals surface area contributed by atoms with Gasteiger partial charge in [-0.3, -0.25) is 14.9 Å². The van der Waals surface area contributed by atoms with Gasteiger partial charge in [-0.2, -0.15) is 5.10 Å². The van der Waals surface area contributed by atoms with E-state index in [1.807, 2.05) is 6.07 Å². The van der Waals surface area contributed by atoms with E-state index < -0.39 is 0 Å². The van der Waals surface area contributed by atoms with Crippen LogP contribution in [0.5, 0.6) is 0 Å². The Kier molecular flexibility index (Phi) is 6.81. The van der Waals surface area contributed by atoms with Crippen molar-refractivity contribution in [3.63, 3.8) is 0 Å². The minimum atomic E-state index is -0.183. The summed E-state index contributed by atoms with van der Waals surface area (Å²) >= 11 is 7.15. The summed E-state index contributed by atoms with van der Waals surface area (Å²) in [6.45, 7) is 4.25. The zero-order valence-electron chi connectivity index (χ0n) is 19.7. The van der Waals surface area contributed by atoms with E-state index in [9.17, 15) is 4.79 Å². The van der Waals surface area contributed by atoms with E-state index in [2.05, 4.69) is 48.9 Å². The van der Waals surface area contributed by atoms with Gasteiger partial charge in [0.1, 0.15) is 33.8 Å². The second kappa shape index (κ2) is 10.00. The van der Waals surface area contributed by atoms with E-state index in [0.29, 0.717) is 20.9 Å². The highest BCUT2D eigenvalue weighted by Crippen LogP contribution is 2.37. The van der Waals surface area contributed by atoms with Crippen molar-refractivity contribution in [2.24, 2.45) is 5.92 Å².